The van der Waals surface area contributed by atoms with Crippen molar-refractivity contribution in [3.05, 3.63) is 124 Å². The summed E-state index contributed by atoms with van der Waals surface area (Å²) in [7, 11) is 0. The van der Waals surface area contributed by atoms with Crippen molar-refractivity contribution < 1.29 is 4.74 Å². The van der Waals surface area contributed by atoms with Gasteiger partial charge in [0.05, 0.1) is 0 Å². The minimum Gasteiger partial charge on any atom is -0.472 e. The first-order valence-corrected chi connectivity index (χ1v) is 18.1. The maximum Gasteiger partial charge on any atom is 0.178 e. The van der Waals surface area contributed by atoms with Gasteiger partial charge >= 0.3 is 0 Å². The molecule has 0 spiro atoms. The third-order valence-corrected chi connectivity index (χ3v) is 11.8. The van der Waals surface area contributed by atoms with E-state index in [0.29, 0.717) is 0 Å². The molecule has 0 bridgehead atoms. The number of hydrogen-bond acceptors (Lipinski definition) is 3. The molecule has 5 aliphatic rings. The van der Waals surface area contributed by atoms with E-state index in [1.54, 1.807) is 5.57 Å². The second kappa shape index (κ2) is 11.2. The summed E-state index contributed by atoms with van der Waals surface area (Å²) >= 11 is 0. The van der Waals surface area contributed by atoms with Crippen molar-refractivity contribution in [1.29, 1.82) is 0 Å². The minimum absolute atomic E-state index is 0.0522. The Morgan fingerprint density at radius 1 is 0.638 bits per heavy atom. The molecule has 238 valence electrons. The normalized spacial score (nSPS) is 21.0. The number of nitrogens with zero attached hydrogens (tertiary/aromatic N) is 2. The predicted octanol–water partition coefficient (Wildman–Crippen LogP) is 10.6. The fraction of sp³-hybridized carbons (Fsp3) is 0.364. The van der Waals surface area contributed by atoms with Crippen LogP contribution in [-0.4, -0.2) is 26.2 Å². The number of ether oxygens (including phenoxy) is 1. The Hall–Kier alpha value is -4.24. The zero-order valence-electron chi connectivity index (χ0n) is 28.0. The topological polar surface area (TPSA) is 15.7 Å². The van der Waals surface area contributed by atoms with Gasteiger partial charge in [0.15, 0.2) is 5.60 Å². The highest BCUT2D eigenvalue weighted by atomic mass is 16.5. The monoisotopic (exact) mass is 618 g/mol. The fourth-order valence-electron chi connectivity index (χ4n) is 9.34. The number of piperidine rings is 2. The van der Waals surface area contributed by atoms with Crippen LogP contribution in [0.4, 0.5) is 11.4 Å². The highest BCUT2D eigenvalue weighted by Crippen LogP contribution is 2.58. The van der Waals surface area contributed by atoms with Gasteiger partial charge in [0.1, 0.15) is 5.75 Å². The number of hydrogen-bond donors (Lipinski definition) is 0. The molecule has 47 heavy (non-hydrogen) atoms. The van der Waals surface area contributed by atoms with Crippen molar-refractivity contribution in [2.45, 2.75) is 76.2 Å². The molecule has 3 nitrogen and oxygen atoms in total. The summed E-state index contributed by atoms with van der Waals surface area (Å²) in [5.41, 5.74) is 11.3. The molecule has 3 heterocycles. The third kappa shape index (κ3) is 4.53. The van der Waals surface area contributed by atoms with Crippen LogP contribution in [0.3, 0.4) is 0 Å². The van der Waals surface area contributed by atoms with Crippen LogP contribution in [0.25, 0.3) is 22.4 Å². The van der Waals surface area contributed by atoms with E-state index >= 15 is 0 Å². The predicted molar refractivity (Wildman–Crippen MR) is 198 cm³/mol. The Morgan fingerprint density at radius 2 is 1.21 bits per heavy atom. The zero-order valence-corrected chi connectivity index (χ0v) is 28.0. The van der Waals surface area contributed by atoms with Crippen LogP contribution >= 0.6 is 0 Å². The van der Waals surface area contributed by atoms with E-state index in [-0.39, 0.29) is 5.41 Å². The molecule has 2 saturated heterocycles. The Kier molecular flexibility index (Phi) is 6.89. The average molecular weight is 619 g/mol. The first kappa shape index (κ1) is 28.9. The van der Waals surface area contributed by atoms with Gasteiger partial charge in [-0.3, -0.25) is 0 Å². The number of benzene rings is 4. The molecule has 3 heteroatoms. The lowest BCUT2D eigenvalue weighted by atomic mass is 9.75. The van der Waals surface area contributed by atoms with E-state index in [1.165, 1.54) is 94.1 Å². The number of allylic oxidation sites excluding steroid dienone is 4. The Balaban J connectivity index is 1.21. The summed E-state index contributed by atoms with van der Waals surface area (Å²) in [5, 5.41) is 2.50. The minimum atomic E-state index is -0.736. The van der Waals surface area contributed by atoms with Crippen LogP contribution in [0.5, 0.6) is 5.75 Å². The molecular formula is C44H46N2O. The largest absolute Gasteiger partial charge is 0.472 e. The van der Waals surface area contributed by atoms with Gasteiger partial charge in [0, 0.05) is 65.0 Å². The average Bonchev–Trinajstić information content (AvgIpc) is 3.39. The molecule has 4 aromatic rings. The molecule has 0 N–H and O–H groups in total. The molecule has 0 aromatic heterocycles. The van der Waals surface area contributed by atoms with Crippen LogP contribution in [0.15, 0.2) is 96.6 Å². The molecule has 0 unspecified atom stereocenters. The van der Waals surface area contributed by atoms with Crippen molar-refractivity contribution in [2.24, 2.45) is 0 Å². The molecular weight excluding hydrogens is 572 g/mol. The van der Waals surface area contributed by atoms with Gasteiger partial charge in [0.2, 0.25) is 0 Å². The van der Waals surface area contributed by atoms with Crippen LogP contribution in [0, 0.1) is 0 Å². The van der Waals surface area contributed by atoms with Crippen LogP contribution in [0.1, 0.15) is 93.0 Å². The SMILES string of the molecule is CC1(C)C2=C(C=CCC2)c2c1c1c(c3ccccc23)OC(c2ccc(N3CCCCC3)cc2)(c2ccc(N3CCCCC3)cc2)C=C1. The van der Waals surface area contributed by atoms with Gasteiger partial charge in [0.25, 0.3) is 0 Å². The second-order valence-corrected chi connectivity index (χ2v) is 14.9. The van der Waals surface area contributed by atoms with Crippen LogP contribution < -0.4 is 14.5 Å². The molecule has 9 rings (SSSR count). The maximum atomic E-state index is 7.60. The molecule has 3 aliphatic heterocycles. The van der Waals surface area contributed by atoms with Gasteiger partial charge in [-0.05, 0) is 104 Å². The van der Waals surface area contributed by atoms with E-state index in [4.69, 9.17) is 4.74 Å². The number of rotatable bonds is 4. The quantitative estimate of drug-likeness (QED) is 0.226. The summed E-state index contributed by atoms with van der Waals surface area (Å²) in [4.78, 5) is 5.09. The van der Waals surface area contributed by atoms with Gasteiger partial charge in [-0.2, -0.15) is 0 Å². The van der Waals surface area contributed by atoms with Gasteiger partial charge in [-0.25, -0.2) is 0 Å². The van der Waals surface area contributed by atoms with Crippen LogP contribution in [-0.2, 0) is 11.0 Å². The van der Waals surface area contributed by atoms with Crippen LogP contribution in [0.2, 0.25) is 0 Å². The summed E-state index contributed by atoms with van der Waals surface area (Å²) < 4.78 is 7.60. The van der Waals surface area contributed by atoms with Crippen molar-refractivity contribution in [3.63, 3.8) is 0 Å². The number of fused-ring (bicyclic) bond motifs is 7. The van der Waals surface area contributed by atoms with Gasteiger partial charge < -0.3 is 14.5 Å². The van der Waals surface area contributed by atoms with Crippen molar-refractivity contribution in [2.75, 3.05) is 36.0 Å². The second-order valence-electron chi connectivity index (χ2n) is 14.9. The Bertz CT molecular complexity index is 1870. The van der Waals surface area contributed by atoms with E-state index in [1.807, 2.05) is 0 Å². The lowest BCUT2D eigenvalue weighted by molar-refractivity contribution is 0.163. The third-order valence-electron chi connectivity index (χ3n) is 11.8. The van der Waals surface area contributed by atoms with Crippen molar-refractivity contribution >= 4 is 33.8 Å². The molecule has 0 atom stereocenters. The van der Waals surface area contributed by atoms with E-state index < -0.39 is 5.60 Å². The van der Waals surface area contributed by atoms with Crippen molar-refractivity contribution in [1.82, 2.24) is 0 Å². The van der Waals surface area contributed by atoms with E-state index in [2.05, 4.69) is 121 Å². The molecule has 0 radical (unpaired) electrons. The van der Waals surface area contributed by atoms with E-state index in [9.17, 15) is 0 Å². The van der Waals surface area contributed by atoms with Gasteiger partial charge in [-0.1, -0.05) is 86.2 Å². The summed E-state index contributed by atoms with van der Waals surface area (Å²) in [6.07, 6.45) is 19.5. The van der Waals surface area contributed by atoms with Crippen molar-refractivity contribution in [3.8, 4) is 5.75 Å². The molecule has 0 saturated carbocycles. The first-order valence-electron chi connectivity index (χ1n) is 18.1. The summed E-state index contributed by atoms with van der Waals surface area (Å²) in [6.45, 7) is 9.44. The van der Waals surface area contributed by atoms with E-state index in [0.717, 1.165) is 44.8 Å². The maximum absolute atomic E-state index is 7.60. The molecule has 4 aromatic carbocycles. The Morgan fingerprint density at radius 3 is 1.81 bits per heavy atom. The zero-order chi connectivity index (χ0) is 31.6. The summed E-state index contributed by atoms with van der Waals surface area (Å²) in [5.74, 6) is 1.01. The lowest BCUT2D eigenvalue weighted by Crippen LogP contribution is -2.35. The smallest absolute Gasteiger partial charge is 0.178 e. The highest BCUT2D eigenvalue weighted by molar-refractivity contribution is 6.07. The van der Waals surface area contributed by atoms with Gasteiger partial charge in [-0.15, -0.1) is 0 Å². The first-order chi connectivity index (χ1) is 23.0. The highest BCUT2D eigenvalue weighted by Gasteiger charge is 2.45. The molecule has 2 aliphatic carbocycles. The molecule has 2 fully saturated rings. The standard InChI is InChI=1S/C44H46N2O/c1-43(2)39-16-8-7-15-37(39)40-35-13-5-6-14-36(35)42-38(41(40)43)25-26-44(47-42,31-17-21-33(22-18-31)45-27-9-3-10-28-45)32-19-23-34(24-20-32)46-29-11-4-12-30-46/h5-7,13-15,17-26H,3-4,8-12,16,27-30H2,1-2H3. The molecule has 0 amide bonds. The lowest BCUT2D eigenvalue weighted by Gasteiger charge is -2.39. The fourth-order valence-corrected chi connectivity index (χ4v) is 9.34. The summed E-state index contributed by atoms with van der Waals surface area (Å²) in [6, 6.07) is 27.5. The Labute approximate surface area is 280 Å². The number of anilines is 2.